The fraction of sp³-hybridized carbons (Fsp3) is 0.538. The van der Waals surface area contributed by atoms with Crippen molar-refractivity contribution in [1.29, 1.82) is 0 Å². The lowest BCUT2D eigenvalue weighted by molar-refractivity contribution is 0.403. The first-order valence-electron chi connectivity index (χ1n) is 5.80. The van der Waals surface area contributed by atoms with E-state index >= 15 is 0 Å². The monoisotopic (exact) mass is 221 g/mol. The minimum absolute atomic E-state index is 0.355. The van der Waals surface area contributed by atoms with Crippen molar-refractivity contribution < 1.29 is 9.84 Å². The van der Waals surface area contributed by atoms with Crippen LogP contribution in [-0.2, 0) is 6.42 Å². The van der Waals surface area contributed by atoms with Gasteiger partial charge in [-0.05, 0) is 56.0 Å². The first-order valence-corrected chi connectivity index (χ1v) is 5.80. The number of aromatic hydroxyl groups is 1. The van der Waals surface area contributed by atoms with Crippen molar-refractivity contribution in [2.75, 3.05) is 13.7 Å². The Kier molecular flexibility index (Phi) is 3.34. The van der Waals surface area contributed by atoms with E-state index in [2.05, 4.69) is 5.32 Å². The number of aryl methyl sites for hydroxylation is 1. The maximum atomic E-state index is 9.72. The van der Waals surface area contributed by atoms with Gasteiger partial charge in [0.1, 0.15) is 11.5 Å². The highest BCUT2D eigenvalue weighted by Crippen LogP contribution is 2.29. The lowest BCUT2D eigenvalue weighted by Crippen LogP contribution is -2.23. The van der Waals surface area contributed by atoms with Gasteiger partial charge in [0, 0.05) is 6.04 Å². The van der Waals surface area contributed by atoms with Crippen LogP contribution < -0.4 is 10.1 Å². The number of benzene rings is 1. The fourth-order valence-corrected chi connectivity index (χ4v) is 2.26. The summed E-state index contributed by atoms with van der Waals surface area (Å²) >= 11 is 0. The Morgan fingerprint density at radius 3 is 2.94 bits per heavy atom. The molecule has 0 saturated carbocycles. The number of hydrogen-bond donors (Lipinski definition) is 2. The second-order valence-electron chi connectivity index (χ2n) is 4.45. The van der Waals surface area contributed by atoms with Crippen LogP contribution in [0.5, 0.6) is 11.5 Å². The van der Waals surface area contributed by atoms with E-state index in [0.29, 0.717) is 11.8 Å². The van der Waals surface area contributed by atoms with Gasteiger partial charge in [-0.1, -0.05) is 0 Å². The average molecular weight is 221 g/mol. The molecule has 1 unspecified atom stereocenters. The summed E-state index contributed by atoms with van der Waals surface area (Å²) in [6, 6.07) is 4.25. The molecular weight excluding hydrogens is 202 g/mol. The van der Waals surface area contributed by atoms with Crippen LogP contribution in [0, 0.1) is 6.92 Å². The Morgan fingerprint density at radius 2 is 2.31 bits per heavy atom. The summed E-state index contributed by atoms with van der Waals surface area (Å²) < 4.78 is 5.35. The molecule has 1 heterocycles. The predicted octanol–water partition coefficient (Wildman–Crippen LogP) is 2.00. The van der Waals surface area contributed by atoms with Crippen LogP contribution in [0.2, 0.25) is 0 Å². The number of phenolic OH excluding ortho intramolecular Hbond substituents is 1. The highest BCUT2D eigenvalue weighted by molar-refractivity contribution is 5.45. The van der Waals surface area contributed by atoms with Crippen molar-refractivity contribution in [1.82, 2.24) is 5.32 Å². The molecule has 1 aliphatic rings. The van der Waals surface area contributed by atoms with Gasteiger partial charge in [0.15, 0.2) is 0 Å². The number of methoxy groups -OCH3 is 1. The van der Waals surface area contributed by atoms with Gasteiger partial charge in [0.25, 0.3) is 0 Å². The SMILES string of the molecule is COc1cc(C)c(O)cc1CC1CCCN1. The van der Waals surface area contributed by atoms with Gasteiger partial charge in [-0.15, -0.1) is 0 Å². The van der Waals surface area contributed by atoms with Gasteiger partial charge in [0.05, 0.1) is 7.11 Å². The number of ether oxygens (including phenoxy) is 1. The van der Waals surface area contributed by atoms with Crippen LogP contribution in [0.4, 0.5) is 0 Å². The van der Waals surface area contributed by atoms with Crippen LogP contribution in [-0.4, -0.2) is 24.8 Å². The molecule has 0 bridgehead atoms. The molecular formula is C13H19NO2. The molecule has 0 aliphatic carbocycles. The number of rotatable bonds is 3. The van der Waals surface area contributed by atoms with Gasteiger partial charge in [-0.25, -0.2) is 0 Å². The summed E-state index contributed by atoms with van der Waals surface area (Å²) in [6.07, 6.45) is 3.37. The molecule has 0 radical (unpaired) electrons. The van der Waals surface area contributed by atoms with Crippen molar-refractivity contribution in [3.8, 4) is 11.5 Å². The van der Waals surface area contributed by atoms with E-state index < -0.39 is 0 Å². The van der Waals surface area contributed by atoms with Crippen molar-refractivity contribution in [3.05, 3.63) is 23.3 Å². The van der Waals surface area contributed by atoms with E-state index in [1.165, 1.54) is 12.8 Å². The summed E-state index contributed by atoms with van der Waals surface area (Å²) in [6.45, 7) is 2.99. The highest BCUT2D eigenvalue weighted by Gasteiger charge is 2.17. The second kappa shape index (κ2) is 4.74. The zero-order valence-electron chi connectivity index (χ0n) is 9.92. The maximum absolute atomic E-state index is 9.72. The molecule has 1 aliphatic heterocycles. The standard InChI is InChI=1S/C13H19NO2/c1-9-6-13(16-2)10(8-12(9)15)7-11-4-3-5-14-11/h6,8,11,14-15H,3-5,7H2,1-2H3. The molecule has 1 atom stereocenters. The molecule has 1 aromatic carbocycles. The molecule has 1 fully saturated rings. The topological polar surface area (TPSA) is 41.5 Å². The summed E-state index contributed by atoms with van der Waals surface area (Å²) in [7, 11) is 1.68. The van der Waals surface area contributed by atoms with E-state index in [1.54, 1.807) is 7.11 Å². The normalized spacial score (nSPS) is 20.0. The van der Waals surface area contributed by atoms with Gasteiger partial charge in [-0.2, -0.15) is 0 Å². The van der Waals surface area contributed by atoms with Gasteiger partial charge in [0.2, 0.25) is 0 Å². The van der Waals surface area contributed by atoms with Crippen molar-refractivity contribution in [2.45, 2.75) is 32.2 Å². The first-order chi connectivity index (χ1) is 7.70. The minimum atomic E-state index is 0.355. The molecule has 3 nitrogen and oxygen atoms in total. The highest BCUT2D eigenvalue weighted by atomic mass is 16.5. The minimum Gasteiger partial charge on any atom is -0.508 e. The zero-order valence-corrected chi connectivity index (χ0v) is 9.92. The first kappa shape index (κ1) is 11.3. The summed E-state index contributed by atoms with van der Waals surface area (Å²) in [4.78, 5) is 0. The van der Waals surface area contributed by atoms with Crippen LogP contribution in [0.3, 0.4) is 0 Å². The molecule has 1 aromatic rings. The van der Waals surface area contributed by atoms with Crippen LogP contribution in [0.15, 0.2) is 12.1 Å². The molecule has 2 rings (SSSR count). The third kappa shape index (κ3) is 2.30. The van der Waals surface area contributed by atoms with E-state index in [1.807, 2.05) is 19.1 Å². The smallest absolute Gasteiger partial charge is 0.122 e. The predicted molar refractivity (Wildman–Crippen MR) is 64.1 cm³/mol. The third-order valence-electron chi connectivity index (χ3n) is 3.23. The summed E-state index contributed by atoms with van der Waals surface area (Å²) in [5.41, 5.74) is 1.95. The van der Waals surface area contributed by atoms with E-state index in [0.717, 1.165) is 29.8 Å². The summed E-state index contributed by atoms with van der Waals surface area (Å²) in [5, 5.41) is 13.2. The number of nitrogens with one attached hydrogen (secondary N) is 1. The molecule has 88 valence electrons. The molecule has 0 aromatic heterocycles. The Bertz CT molecular complexity index is 370. The van der Waals surface area contributed by atoms with E-state index in [-0.39, 0.29) is 0 Å². The Hall–Kier alpha value is -1.22. The average Bonchev–Trinajstić information content (AvgIpc) is 2.76. The maximum Gasteiger partial charge on any atom is 0.122 e. The van der Waals surface area contributed by atoms with Crippen molar-refractivity contribution in [3.63, 3.8) is 0 Å². The molecule has 2 N–H and O–H groups in total. The van der Waals surface area contributed by atoms with Crippen molar-refractivity contribution >= 4 is 0 Å². The van der Waals surface area contributed by atoms with E-state index in [9.17, 15) is 5.11 Å². The van der Waals surface area contributed by atoms with Crippen LogP contribution in [0.1, 0.15) is 24.0 Å². The second-order valence-corrected chi connectivity index (χ2v) is 4.45. The Balaban J connectivity index is 2.20. The van der Waals surface area contributed by atoms with Gasteiger partial charge < -0.3 is 15.2 Å². The Labute approximate surface area is 96.4 Å². The van der Waals surface area contributed by atoms with Crippen LogP contribution >= 0.6 is 0 Å². The molecule has 0 amide bonds. The third-order valence-corrected chi connectivity index (χ3v) is 3.23. The lowest BCUT2D eigenvalue weighted by Gasteiger charge is -2.14. The van der Waals surface area contributed by atoms with Gasteiger partial charge in [-0.3, -0.25) is 0 Å². The quantitative estimate of drug-likeness (QED) is 0.820. The van der Waals surface area contributed by atoms with Crippen molar-refractivity contribution in [2.24, 2.45) is 0 Å². The number of hydrogen-bond acceptors (Lipinski definition) is 3. The summed E-state index contributed by atoms with van der Waals surface area (Å²) in [5.74, 6) is 1.23. The Morgan fingerprint density at radius 1 is 1.50 bits per heavy atom. The largest absolute Gasteiger partial charge is 0.508 e. The lowest BCUT2D eigenvalue weighted by atomic mass is 10.0. The zero-order chi connectivity index (χ0) is 11.5. The van der Waals surface area contributed by atoms with Gasteiger partial charge >= 0.3 is 0 Å². The number of phenols is 1. The fourth-order valence-electron chi connectivity index (χ4n) is 2.26. The molecule has 0 spiro atoms. The van der Waals surface area contributed by atoms with Crippen LogP contribution in [0.25, 0.3) is 0 Å². The molecule has 3 heteroatoms. The molecule has 1 saturated heterocycles. The van der Waals surface area contributed by atoms with E-state index in [4.69, 9.17) is 4.74 Å². The molecule has 16 heavy (non-hydrogen) atoms.